The number of hydrogen-bond acceptors (Lipinski definition) is 4. The van der Waals surface area contributed by atoms with Gasteiger partial charge in [0.25, 0.3) is 0 Å². The third-order valence-electron chi connectivity index (χ3n) is 2.22. The average Bonchev–Trinajstić information content (AvgIpc) is 2.01. The fraction of sp³-hybridized carbons (Fsp3) is 0.857. The van der Waals surface area contributed by atoms with Crippen molar-refractivity contribution in [2.24, 2.45) is 5.90 Å². The number of likely N-dealkylation sites (N-methyl/N-ethyl adjacent to an activating group) is 1. The summed E-state index contributed by atoms with van der Waals surface area (Å²) in [5.41, 5.74) is -0.602. The molecule has 0 fully saturated rings. The highest BCUT2D eigenvalue weighted by atomic mass is 16.7. The highest BCUT2D eigenvalue weighted by Crippen LogP contribution is 2.16. The molecule has 0 aliphatic rings. The fourth-order valence-electron chi connectivity index (χ4n) is 0.770. The van der Waals surface area contributed by atoms with Gasteiger partial charge in [0.1, 0.15) is 5.54 Å². The largest absolute Gasteiger partial charge is 0.372 e. The lowest BCUT2D eigenvalue weighted by molar-refractivity contribution is -0.156. The monoisotopic (exact) mass is 160 g/mol. The van der Waals surface area contributed by atoms with E-state index in [9.17, 15) is 4.79 Å². The van der Waals surface area contributed by atoms with E-state index in [1.165, 1.54) is 0 Å². The summed E-state index contributed by atoms with van der Waals surface area (Å²) in [6.45, 7) is 3.71. The molecule has 11 heavy (non-hydrogen) atoms. The summed E-state index contributed by atoms with van der Waals surface area (Å²) >= 11 is 0. The molecule has 0 aromatic carbocycles. The predicted octanol–water partition coefficient (Wildman–Crippen LogP) is 0.134. The molecule has 66 valence electrons. The molecule has 0 saturated carbocycles. The Kier molecular flexibility index (Phi) is 3.48. The average molecular weight is 160 g/mol. The van der Waals surface area contributed by atoms with Gasteiger partial charge in [-0.05, 0) is 27.4 Å². The number of hydrogen-bond donors (Lipinski definition) is 1. The second-order valence-corrected chi connectivity index (χ2v) is 2.93. The highest BCUT2D eigenvalue weighted by molar-refractivity contribution is 5.79. The van der Waals surface area contributed by atoms with E-state index in [2.05, 4.69) is 4.84 Å². The van der Waals surface area contributed by atoms with E-state index in [0.29, 0.717) is 6.42 Å². The molecular weight excluding hydrogens is 144 g/mol. The van der Waals surface area contributed by atoms with Gasteiger partial charge in [-0.2, -0.15) is 5.90 Å². The Morgan fingerprint density at radius 2 is 2.09 bits per heavy atom. The van der Waals surface area contributed by atoms with E-state index < -0.39 is 11.5 Å². The molecule has 0 saturated heterocycles. The third kappa shape index (κ3) is 1.91. The zero-order valence-electron chi connectivity index (χ0n) is 7.55. The minimum Gasteiger partial charge on any atom is -0.372 e. The summed E-state index contributed by atoms with van der Waals surface area (Å²) in [5.74, 6) is 4.40. The molecule has 0 aromatic heterocycles. The molecule has 0 aliphatic carbocycles. The highest BCUT2D eigenvalue weighted by Gasteiger charge is 2.35. The quantitative estimate of drug-likeness (QED) is 0.596. The first-order valence-electron chi connectivity index (χ1n) is 3.57. The summed E-state index contributed by atoms with van der Waals surface area (Å²) in [6.07, 6.45) is 0.677. The van der Waals surface area contributed by atoms with Crippen molar-refractivity contribution in [3.05, 3.63) is 0 Å². The Hall–Kier alpha value is -0.610. The van der Waals surface area contributed by atoms with E-state index in [1.54, 1.807) is 11.8 Å². The van der Waals surface area contributed by atoms with E-state index in [4.69, 9.17) is 5.90 Å². The Labute approximate surface area is 67.3 Å². The lowest BCUT2D eigenvalue weighted by Crippen LogP contribution is -2.49. The Morgan fingerprint density at radius 3 is 2.18 bits per heavy atom. The second-order valence-electron chi connectivity index (χ2n) is 2.93. The van der Waals surface area contributed by atoms with Crippen LogP contribution in [0.3, 0.4) is 0 Å². The number of rotatable bonds is 3. The van der Waals surface area contributed by atoms with Gasteiger partial charge in [0.15, 0.2) is 0 Å². The van der Waals surface area contributed by atoms with E-state index in [1.807, 2.05) is 21.0 Å². The van der Waals surface area contributed by atoms with E-state index in [-0.39, 0.29) is 0 Å². The van der Waals surface area contributed by atoms with Crippen molar-refractivity contribution in [1.82, 2.24) is 4.90 Å². The van der Waals surface area contributed by atoms with Crippen molar-refractivity contribution in [2.45, 2.75) is 25.8 Å². The van der Waals surface area contributed by atoms with Crippen LogP contribution in [0.5, 0.6) is 0 Å². The smallest absolute Gasteiger partial charge is 0.344 e. The zero-order chi connectivity index (χ0) is 9.07. The Bertz CT molecular complexity index is 147. The van der Waals surface area contributed by atoms with Gasteiger partial charge in [-0.15, -0.1) is 0 Å². The van der Waals surface area contributed by atoms with Gasteiger partial charge < -0.3 is 4.84 Å². The van der Waals surface area contributed by atoms with Crippen LogP contribution in [0.4, 0.5) is 0 Å². The number of nitrogens with two attached hydrogens (primary N) is 1. The third-order valence-corrected chi connectivity index (χ3v) is 2.22. The maximum absolute atomic E-state index is 11.1. The molecule has 0 rings (SSSR count). The van der Waals surface area contributed by atoms with Gasteiger partial charge in [0, 0.05) is 0 Å². The molecule has 0 radical (unpaired) electrons. The minimum absolute atomic E-state index is 0.398. The van der Waals surface area contributed by atoms with Crippen molar-refractivity contribution < 1.29 is 9.63 Å². The van der Waals surface area contributed by atoms with Crippen molar-refractivity contribution in [1.29, 1.82) is 0 Å². The molecule has 0 amide bonds. The summed E-state index contributed by atoms with van der Waals surface area (Å²) in [7, 11) is 3.64. The molecule has 0 bridgehead atoms. The molecular formula is C7H16N2O2. The molecule has 4 nitrogen and oxygen atoms in total. The molecule has 0 spiro atoms. The lowest BCUT2D eigenvalue weighted by atomic mass is 9.98. The van der Waals surface area contributed by atoms with Crippen LogP contribution in [-0.2, 0) is 9.63 Å². The van der Waals surface area contributed by atoms with Crippen LogP contribution in [0.1, 0.15) is 20.3 Å². The molecule has 0 aliphatic heterocycles. The van der Waals surface area contributed by atoms with Crippen LogP contribution in [0, 0.1) is 0 Å². The first-order chi connectivity index (χ1) is 4.99. The van der Waals surface area contributed by atoms with Crippen molar-refractivity contribution in [3.63, 3.8) is 0 Å². The van der Waals surface area contributed by atoms with Crippen LogP contribution >= 0.6 is 0 Å². The molecule has 0 heterocycles. The first kappa shape index (κ1) is 10.4. The standard InChI is InChI=1S/C7H16N2O2/c1-5-7(2,9(3)4)6(10)11-8/h5,8H2,1-4H3. The number of carbonyl (C=O) groups excluding carboxylic acids is 1. The number of nitrogens with zero attached hydrogens (tertiary/aromatic N) is 1. The van der Waals surface area contributed by atoms with Gasteiger partial charge >= 0.3 is 5.97 Å². The molecule has 2 N–H and O–H groups in total. The van der Waals surface area contributed by atoms with Crippen LogP contribution < -0.4 is 5.90 Å². The maximum atomic E-state index is 11.1. The van der Waals surface area contributed by atoms with Gasteiger partial charge in [0.05, 0.1) is 0 Å². The lowest BCUT2D eigenvalue weighted by Gasteiger charge is -2.31. The zero-order valence-corrected chi connectivity index (χ0v) is 7.55. The van der Waals surface area contributed by atoms with Crippen molar-refractivity contribution >= 4 is 5.97 Å². The molecule has 1 unspecified atom stereocenters. The van der Waals surface area contributed by atoms with Crippen molar-refractivity contribution in [2.75, 3.05) is 14.1 Å². The second kappa shape index (κ2) is 3.69. The Balaban J connectivity index is 4.45. The van der Waals surface area contributed by atoms with E-state index >= 15 is 0 Å². The summed E-state index contributed by atoms with van der Waals surface area (Å²) in [4.78, 5) is 17.1. The van der Waals surface area contributed by atoms with Gasteiger partial charge in [0.2, 0.25) is 0 Å². The first-order valence-corrected chi connectivity index (χ1v) is 3.57. The molecule has 4 heteroatoms. The SMILES string of the molecule is CCC(C)(C(=O)ON)N(C)C. The molecule has 1 atom stereocenters. The fourth-order valence-corrected chi connectivity index (χ4v) is 0.770. The van der Waals surface area contributed by atoms with Gasteiger partial charge in [-0.3, -0.25) is 4.90 Å². The van der Waals surface area contributed by atoms with Crippen LogP contribution in [0.25, 0.3) is 0 Å². The molecule has 0 aromatic rings. The normalized spacial score (nSPS) is 16.2. The topological polar surface area (TPSA) is 55.6 Å². The van der Waals surface area contributed by atoms with E-state index in [0.717, 1.165) is 0 Å². The predicted molar refractivity (Wildman–Crippen MR) is 42.7 cm³/mol. The summed E-state index contributed by atoms with van der Waals surface area (Å²) in [5, 5.41) is 0. The minimum atomic E-state index is -0.602. The summed E-state index contributed by atoms with van der Waals surface area (Å²) in [6, 6.07) is 0. The Morgan fingerprint density at radius 1 is 1.64 bits per heavy atom. The summed E-state index contributed by atoms with van der Waals surface area (Å²) < 4.78 is 0. The van der Waals surface area contributed by atoms with Crippen molar-refractivity contribution in [3.8, 4) is 0 Å². The van der Waals surface area contributed by atoms with Crippen LogP contribution in [0.2, 0.25) is 0 Å². The van der Waals surface area contributed by atoms with Crippen LogP contribution in [-0.4, -0.2) is 30.5 Å². The van der Waals surface area contributed by atoms with Gasteiger partial charge in [-0.1, -0.05) is 6.92 Å². The van der Waals surface area contributed by atoms with Crippen LogP contribution in [0.15, 0.2) is 0 Å². The maximum Gasteiger partial charge on any atom is 0.344 e. The number of carbonyl (C=O) groups is 1. The van der Waals surface area contributed by atoms with Gasteiger partial charge in [-0.25, -0.2) is 4.79 Å².